The number of unbranched alkanes of at least 4 members (excludes halogenated alkanes) is 2. The average molecular weight is 302 g/mol. The van der Waals surface area contributed by atoms with E-state index in [2.05, 4.69) is 4.72 Å². The van der Waals surface area contributed by atoms with Gasteiger partial charge in [0.2, 0.25) is 10.0 Å². The molecular weight excluding hydrogens is 280 g/mol. The molecule has 0 fully saturated rings. The maximum absolute atomic E-state index is 11.7. The number of nitrogens with two attached hydrogens (primary N) is 1. The molecule has 7 heteroatoms. The van der Waals surface area contributed by atoms with E-state index in [1.54, 1.807) is 24.3 Å². The largest absolute Gasteiger partial charge is 0.492 e. The molecule has 114 valence electrons. The number of aliphatic hydroxyl groups excluding tert-OH is 1. The predicted molar refractivity (Wildman–Crippen MR) is 79.1 cm³/mol. The van der Waals surface area contributed by atoms with Gasteiger partial charge in [-0.15, -0.1) is 0 Å². The Morgan fingerprint density at radius 3 is 2.75 bits per heavy atom. The summed E-state index contributed by atoms with van der Waals surface area (Å²) in [5, 5.41) is 8.61. The van der Waals surface area contributed by atoms with Crippen molar-refractivity contribution < 1.29 is 18.3 Å². The molecular formula is C13H22N2O4S. The minimum atomic E-state index is -3.32. The van der Waals surface area contributed by atoms with E-state index >= 15 is 0 Å². The molecule has 0 heterocycles. The van der Waals surface area contributed by atoms with Crippen molar-refractivity contribution in [3.05, 3.63) is 24.3 Å². The zero-order valence-corrected chi connectivity index (χ0v) is 12.2. The molecule has 0 aliphatic carbocycles. The highest BCUT2D eigenvalue weighted by Gasteiger charge is 2.09. The number of benzene rings is 1. The van der Waals surface area contributed by atoms with Gasteiger partial charge in [-0.05, 0) is 31.4 Å². The lowest BCUT2D eigenvalue weighted by atomic mass is 10.2. The Labute approximate surface area is 120 Å². The van der Waals surface area contributed by atoms with Gasteiger partial charge in [0.15, 0.2) is 0 Å². The lowest BCUT2D eigenvalue weighted by Gasteiger charge is -2.08. The number of ether oxygens (including phenoxy) is 1. The molecule has 0 atom stereocenters. The minimum absolute atomic E-state index is 0.0788. The van der Waals surface area contributed by atoms with Gasteiger partial charge in [0.1, 0.15) is 12.4 Å². The van der Waals surface area contributed by atoms with Crippen LogP contribution in [0.15, 0.2) is 24.3 Å². The van der Waals surface area contributed by atoms with Crippen LogP contribution in [-0.4, -0.2) is 39.0 Å². The molecule has 0 saturated heterocycles. The Balaban J connectivity index is 2.22. The molecule has 4 N–H and O–H groups in total. The Morgan fingerprint density at radius 1 is 1.25 bits per heavy atom. The highest BCUT2D eigenvalue weighted by atomic mass is 32.2. The standard InChI is InChI=1S/C13H22N2O4S/c14-12-5-4-6-13(11-12)19-9-10-20(17,18)15-7-2-1-3-8-16/h4-6,11,15-16H,1-3,7-10,14H2. The smallest absolute Gasteiger partial charge is 0.214 e. The van der Waals surface area contributed by atoms with Crippen LogP contribution in [0.2, 0.25) is 0 Å². The second-order valence-corrected chi connectivity index (χ2v) is 6.34. The fourth-order valence-corrected chi connectivity index (χ4v) is 2.49. The molecule has 0 radical (unpaired) electrons. The van der Waals surface area contributed by atoms with Crippen LogP contribution in [0.5, 0.6) is 5.75 Å². The first-order valence-electron chi connectivity index (χ1n) is 6.60. The molecule has 1 aromatic rings. The fourth-order valence-electron chi connectivity index (χ4n) is 1.59. The van der Waals surface area contributed by atoms with Gasteiger partial charge >= 0.3 is 0 Å². The quantitative estimate of drug-likeness (QED) is 0.437. The van der Waals surface area contributed by atoms with Crippen molar-refractivity contribution in [3.63, 3.8) is 0 Å². The number of hydrogen-bond donors (Lipinski definition) is 3. The molecule has 0 aromatic heterocycles. The molecule has 0 amide bonds. The van der Waals surface area contributed by atoms with E-state index in [-0.39, 0.29) is 19.0 Å². The van der Waals surface area contributed by atoms with Crippen molar-refractivity contribution in [2.75, 3.05) is 31.2 Å². The number of sulfonamides is 1. The molecule has 6 nitrogen and oxygen atoms in total. The summed E-state index contributed by atoms with van der Waals surface area (Å²) < 4.78 is 31.1. The lowest BCUT2D eigenvalue weighted by Crippen LogP contribution is -2.29. The zero-order chi connectivity index (χ0) is 14.8. The Kier molecular flexibility index (Phi) is 7.35. The minimum Gasteiger partial charge on any atom is -0.492 e. The number of anilines is 1. The number of nitrogen functional groups attached to an aromatic ring is 1. The number of aliphatic hydroxyl groups is 1. The Hall–Kier alpha value is -1.31. The highest BCUT2D eigenvalue weighted by molar-refractivity contribution is 7.89. The topological polar surface area (TPSA) is 102 Å². The number of nitrogens with one attached hydrogen (secondary N) is 1. The summed E-state index contributed by atoms with van der Waals surface area (Å²) in [5.74, 6) is 0.463. The van der Waals surface area contributed by atoms with Crippen molar-refractivity contribution in [1.82, 2.24) is 4.72 Å². The third kappa shape index (κ3) is 7.32. The summed E-state index contributed by atoms with van der Waals surface area (Å²) in [7, 11) is -3.32. The van der Waals surface area contributed by atoms with Crippen molar-refractivity contribution in [2.45, 2.75) is 19.3 Å². The Morgan fingerprint density at radius 2 is 2.05 bits per heavy atom. The normalized spacial score (nSPS) is 11.4. The molecule has 0 spiro atoms. The van der Waals surface area contributed by atoms with Crippen molar-refractivity contribution >= 4 is 15.7 Å². The summed E-state index contributed by atoms with van der Waals surface area (Å²) >= 11 is 0. The summed E-state index contributed by atoms with van der Waals surface area (Å²) in [4.78, 5) is 0. The van der Waals surface area contributed by atoms with E-state index < -0.39 is 10.0 Å². The van der Waals surface area contributed by atoms with Crippen LogP contribution in [-0.2, 0) is 10.0 Å². The SMILES string of the molecule is Nc1cccc(OCCS(=O)(=O)NCCCCCO)c1. The second-order valence-electron chi connectivity index (χ2n) is 4.42. The molecule has 1 rings (SSSR count). The van der Waals surface area contributed by atoms with Crippen LogP contribution in [0.1, 0.15) is 19.3 Å². The van der Waals surface area contributed by atoms with Gasteiger partial charge in [-0.1, -0.05) is 6.07 Å². The van der Waals surface area contributed by atoms with E-state index in [0.717, 1.165) is 12.8 Å². The molecule has 1 aromatic carbocycles. The zero-order valence-electron chi connectivity index (χ0n) is 11.4. The molecule has 0 aliphatic rings. The van der Waals surface area contributed by atoms with Crippen LogP contribution in [0, 0.1) is 0 Å². The van der Waals surface area contributed by atoms with Gasteiger partial charge < -0.3 is 15.6 Å². The van der Waals surface area contributed by atoms with E-state index in [4.69, 9.17) is 15.6 Å². The summed E-state index contributed by atoms with van der Waals surface area (Å²) in [5.41, 5.74) is 6.17. The third-order valence-corrected chi connectivity index (χ3v) is 3.98. The predicted octanol–water partition coefficient (Wildman–Crippen LogP) is 0.730. The van der Waals surface area contributed by atoms with Crippen LogP contribution in [0.25, 0.3) is 0 Å². The van der Waals surface area contributed by atoms with Gasteiger partial charge in [-0.3, -0.25) is 0 Å². The first-order valence-corrected chi connectivity index (χ1v) is 8.25. The molecule has 0 aliphatic heterocycles. The summed E-state index contributed by atoms with van der Waals surface area (Å²) in [6.07, 6.45) is 2.22. The van der Waals surface area contributed by atoms with Crippen molar-refractivity contribution in [3.8, 4) is 5.75 Å². The van der Waals surface area contributed by atoms with E-state index in [1.807, 2.05) is 0 Å². The highest BCUT2D eigenvalue weighted by Crippen LogP contribution is 2.14. The van der Waals surface area contributed by atoms with Crippen molar-refractivity contribution in [2.24, 2.45) is 0 Å². The molecule has 20 heavy (non-hydrogen) atoms. The molecule has 0 unspecified atom stereocenters. The van der Waals surface area contributed by atoms with Gasteiger partial charge in [0, 0.05) is 24.9 Å². The summed E-state index contributed by atoms with van der Waals surface area (Å²) in [6, 6.07) is 6.86. The fraction of sp³-hybridized carbons (Fsp3) is 0.538. The van der Waals surface area contributed by atoms with Gasteiger partial charge in [-0.25, -0.2) is 13.1 Å². The molecule has 0 bridgehead atoms. The number of rotatable bonds is 10. The average Bonchev–Trinajstić information content (AvgIpc) is 2.38. The second kappa shape index (κ2) is 8.78. The van der Waals surface area contributed by atoms with Crippen LogP contribution in [0.4, 0.5) is 5.69 Å². The third-order valence-electron chi connectivity index (χ3n) is 2.64. The monoisotopic (exact) mass is 302 g/mol. The van der Waals surface area contributed by atoms with Gasteiger partial charge in [-0.2, -0.15) is 0 Å². The van der Waals surface area contributed by atoms with Gasteiger partial charge in [0.25, 0.3) is 0 Å². The Bertz CT molecular complexity index is 491. The maximum atomic E-state index is 11.7. The maximum Gasteiger partial charge on any atom is 0.214 e. The van der Waals surface area contributed by atoms with E-state index in [9.17, 15) is 8.42 Å². The van der Waals surface area contributed by atoms with E-state index in [1.165, 1.54) is 0 Å². The molecule has 0 saturated carbocycles. The number of hydrogen-bond acceptors (Lipinski definition) is 5. The van der Waals surface area contributed by atoms with E-state index in [0.29, 0.717) is 24.4 Å². The first-order chi connectivity index (χ1) is 9.53. The van der Waals surface area contributed by atoms with Crippen LogP contribution in [0.3, 0.4) is 0 Å². The summed E-state index contributed by atoms with van der Waals surface area (Å²) in [6.45, 7) is 0.608. The van der Waals surface area contributed by atoms with Crippen LogP contribution < -0.4 is 15.2 Å². The first kappa shape index (κ1) is 16.7. The lowest BCUT2D eigenvalue weighted by molar-refractivity contribution is 0.283. The van der Waals surface area contributed by atoms with Crippen molar-refractivity contribution in [1.29, 1.82) is 0 Å². The van der Waals surface area contributed by atoms with Gasteiger partial charge in [0.05, 0.1) is 5.75 Å². The van der Waals surface area contributed by atoms with Crippen LogP contribution >= 0.6 is 0 Å².